The van der Waals surface area contributed by atoms with Crippen LogP contribution >= 0.6 is 0 Å². The van der Waals surface area contributed by atoms with Crippen LogP contribution in [-0.4, -0.2) is 55.0 Å². The lowest BCUT2D eigenvalue weighted by Crippen LogP contribution is -2.68. The van der Waals surface area contributed by atoms with E-state index < -0.39 is 17.1 Å². The van der Waals surface area contributed by atoms with Crippen molar-refractivity contribution in [2.45, 2.75) is 71.0 Å². The fourth-order valence-electron chi connectivity index (χ4n) is 6.55. The van der Waals surface area contributed by atoms with Crippen molar-refractivity contribution in [1.82, 2.24) is 0 Å². The molecule has 0 aromatic rings. The Hall–Kier alpha value is -0.980. The van der Waals surface area contributed by atoms with E-state index in [1.54, 1.807) is 0 Å². The van der Waals surface area contributed by atoms with Gasteiger partial charge in [-0.1, -0.05) is 13.8 Å². The van der Waals surface area contributed by atoms with Gasteiger partial charge in [0.1, 0.15) is 18.0 Å². The summed E-state index contributed by atoms with van der Waals surface area (Å²) in [5, 5.41) is 11.2. The first-order valence-electron chi connectivity index (χ1n) is 10.8. The van der Waals surface area contributed by atoms with Crippen LogP contribution in [0.15, 0.2) is 0 Å². The number of ketones is 1. The van der Waals surface area contributed by atoms with Crippen molar-refractivity contribution in [3.8, 4) is 0 Å². The average molecular weight is 395 g/mol. The third-order valence-corrected chi connectivity index (χ3v) is 8.51. The van der Waals surface area contributed by atoms with Crippen LogP contribution in [0.25, 0.3) is 0 Å². The number of Topliss-reactive ketones (excluding diaryl/α,β-unsaturated/α-hetero) is 1. The molecule has 4 rings (SSSR count). The van der Waals surface area contributed by atoms with Crippen molar-refractivity contribution >= 4 is 11.8 Å². The molecule has 2 aliphatic heterocycles. The normalized spacial score (nSPS) is 47.8. The van der Waals surface area contributed by atoms with Crippen LogP contribution in [0.2, 0.25) is 0 Å². The van der Waals surface area contributed by atoms with Crippen LogP contribution in [0.1, 0.15) is 59.3 Å². The van der Waals surface area contributed by atoms with E-state index in [-0.39, 0.29) is 35.6 Å². The molecule has 7 atom stereocenters. The molecule has 0 bridgehead atoms. The van der Waals surface area contributed by atoms with E-state index in [4.69, 9.17) is 14.2 Å². The average Bonchev–Trinajstić information content (AvgIpc) is 3.23. The van der Waals surface area contributed by atoms with Crippen LogP contribution in [-0.2, 0) is 23.8 Å². The largest absolute Gasteiger partial charge is 0.465 e. The van der Waals surface area contributed by atoms with E-state index in [0.717, 1.165) is 32.5 Å². The van der Waals surface area contributed by atoms with Gasteiger partial charge in [0.2, 0.25) is 0 Å². The summed E-state index contributed by atoms with van der Waals surface area (Å²) in [6, 6.07) is 0. The van der Waals surface area contributed by atoms with Crippen molar-refractivity contribution in [1.29, 1.82) is 0 Å². The van der Waals surface area contributed by atoms with Crippen molar-refractivity contribution in [3.05, 3.63) is 0 Å². The summed E-state index contributed by atoms with van der Waals surface area (Å²) in [6.45, 7) is 7.93. The molecule has 2 saturated heterocycles. The SMILES string of the molecule is CC(=O)OC[C@@]12C(=O)C[C@@H](C)[C@](C)(CC[C@H]3CCOC3)[C@H]1[C@H](O)CC[C@]21CO1. The van der Waals surface area contributed by atoms with Crippen LogP contribution in [0, 0.1) is 28.6 Å². The Balaban J connectivity index is 1.70. The van der Waals surface area contributed by atoms with Crippen LogP contribution in [0.3, 0.4) is 0 Å². The predicted octanol–water partition coefficient (Wildman–Crippen LogP) is 2.51. The van der Waals surface area contributed by atoms with Gasteiger partial charge in [-0.3, -0.25) is 9.59 Å². The summed E-state index contributed by atoms with van der Waals surface area (Å²) in [7, 11) is 0. The maximum absolute atomic E-state index is 13.5. The lowest BCUT2D eigenvalue weighted by Gasteiger charge is -2.61. The number of hydrogen-bond acceptors (Lipinski definition) is 6. The Bertz CT molecular complexity index is 637. The zero-order valence-corrected chi connectivity index (χ0v) is 17.4. The van der Waals surface area contributed by atoms with Gasteiger partial charge in [0.25, 0.3) is 0 Å². The van der Waals surface area contributed by atoms with Gasteiger partial charge in [-0.2, -0.15) is 0 Å². The molecule has 0 radical (unpaired) electrons. The highest BCUT2D eigenvalue weighted by Gasteiger charge is 2.76. The Morgan fingerprint density at radius 1 is 1.36 bits per heavy atom. The molecule has 0 aromatic carbocycles. The highest BCUT2D eigenvalue weighted by Crippen LogP contribution is 2.67. The number of epoxide rings is 1. The van der Waals surface area contributed by atoms with Crippen LogP contribution in [0.5, 0.6) is 0 Å². The number of aliphatic hydroxyl groups is 1. The molecular formula is C22H34O6. The molecule has 1 spiro atoms. The molecule has 28 heavy (non-hydrogen) atoms. The minimum absolute atomic E-state index is 0.0255. The van der Waals surface area contributed by atoms with Gasteiger partial charge in [0.05, 0.1) is 18.1 Å². The second-order valence-corrected chi connectivity index (χ2v) is 9.92. The van der Waals surface area contributed by atoms with Gasteiger partial charge in [-0.15, -0.1) is 0 Å². The first-order valence-corrected chi connectivity index (χ1v) is 10.8. The number of carbonyl (C=O) groups excluding carboxylic acids is 2. The van der Waals surface area contributed by atoms with Crippen LogP contribution < -0.4 is 0 Å². The van der Waals surface area contributed by atoms with E-state index in [0.29, 0.717) is 31.8 Å². The van der Waals surface area contributed by atoms with Crippen LogP contribution in [0.4, 0.5) is 0 Å². The Morgan fingerprint density at radius 3 is 2.71 bits per heavy atom. The Morgan fingerprint density at radius 2 is 2.11 bits per heavy atom. The fourth-order valence-corrected chi connectivity index (χ4v) is 6.55. The maximum Gasteiger partial charge on any atom is 0.302 e. The molecule has 2 saturated carbocycles. The zero-order chi connectivity index (χ0) is 20.2. The van der Waals surface area contributed by atoms with E-state index in [2.05, 4.69) is 13.8 Å². The first kappa shape index (κ1) is 20.3. The predicted molar refractivity (Wildman–Crippen MR) is 102 cm³/mol. The smallest absolute Gasteiger partial charge is 0.302 e. The molecule has 4 aliphatic rings. The highest BCUT2D eigenvalue weighted by atomic mass is 16.6. The molecule has 2 aliphatic carbocycles. The molecule has 6 heteroatoms. The monoisotopic (exact) mass is 394 g/mol. The molecule has 4 fully saturated rings. The molecule has 0 aromatic heterocycles. The van der Waals surface area contributed by atoms with Gasteiger partial charge >= 0.3 is 5.97 Å². The number of ether oxygens (including phenoxy) is 3. The minimum atomic E-state index is -0.927. The van der Waals surface area contributed by atoms with Gasteiger partial charge in [-0.25, -0.2) is 0 Å². The second kappa shape index (κ2) is 7.06. The molecule has 0 unspecified atom stereocenters. The van der Waals surface area contributed by atoms with Crippen molar-refractivity contribution < 1.29 is 28.9 Å². The maximum atomic E-state index is 13.5. The summed E-state index contributed by atoms with van der Waals surface area (Å²) < 4.78 is 16.9. The Kier molecular flexibility index (Phi) is 5.12. The summed E-state index contributed by atoms with van der Waals surface area (Å²) in [5.74, 6) is 0.177. The van der Waals surface area contributed by atoms with Gasteiger partial charge in [-0.05, 0) is 49.4 Å². The van der Waals surface area contributed by atoms with Crippen molar-refractivity contribution in [3.63, 3.8) is 0 Å². The number of fused-ring (bicyclic) bond motifs is 2. The second-order valence-electron chi connectivity index (χ2n) is 9.92. The first-order chi connectivity index (χ1) is 13.3. The summed E-state index contributed by atoms with van der Waals surface area (Å²) in [4.78, 5) is 25.2. The summed E-state index contributed by atoms with van der Waals surface area (Å²) >= 11 is 0. The molecule has 2 heterocycles. The number of rotatable bonds is 5. The van der Waals surface area contributed by atoms with Gasteiger partial charge in [0.15, 0.2) is 0 Å². The summed E-state index contributed by atoms with van der Waals surface area (Å²) in [5.41, 5.74) is -1.71. The summed E-state index contributed by atoms with van der Waals surface area (Å²) in [6.07, 6.45) is 4.22. The van der Waals surface area contributed by atoms with E-state index >= 15 is 0 Å². The lowest BCUT2D eigenvalue weighted by molar-refractivity contribution is -0.203. The lowest BCUT2D eigenvalue weighted by atomic mass is 9.42. The van der Waals surface area contributed by atoms with E-state index in [9.17, 15) is 14.7 Å². The molecular weight excluding hydrogens is 360 g/mol. The number of carbonyl (C=O) groups is 2. The standard InChI is InChI=1S/C22H34O6/c1-14-10-18(25)22(13-27-15(2)23)19(17(24)5-8-21(22)12-28-21)20(14,3)7-4-16-6-9-26-11-16/h14,16-17,19,24H,4-13H2,1-3H3/t14-,16+,17-,19-,20+,21+,22-/m1/s1. The Labute approximate surface area is 167 Å². The molecule has 6 nitrogen and oxygen atoms in total. The fraction of sp³-hybridized carbons (Fsp3) is 0.909. The van der Waals surface area contributed by atoms with E-state index in [1.807, 2.05) is 0 Å². The highest BCUT2D eigenvalue weighted by molar-refractivity contribution is 5.89. The third kappa shape index (κ3) is 2.94. The quantitative estimate of drug-likeness (QED) is 0.570. The number of hydrogen-bond donors (Lipinski definition) is 1. The number of esters is 1. The third-order valence-electron chi connectivity index (χ3n) is 8.51. The topological polar surface area (TPSA) is 85.4 Å². The zero-order valence-electron chi connectivity index (χ0n) is 17.4. The van der Waals surface area contributed by atoms with Crippen molar-refractivity contribution in [2.24, 2.45) is 28.6 Å². The van der Waals surface area contributed by atoms with Gasteiger partial charge in [0, 0.05) is 32.5 Å². The molecule has 0 amide bonds. The van der Waals surface area contributed by atoms with Gasteiger partial charge < -0.3 is 19.3 Å². The minimum Gasteiger partial charge on any atom is -0.465 e. The van der Waals surface area contributed by atoms with E-state index in [1.165, 1.54) is 6.92 Å². The van der Waals surface area contributed by atoms with Crippen molar-refractivity contribution in [2.75, 3.05) is 26.4 Å². The molecule has 158 valence electrons. The molecule has 1 N–H and O–H groups in total. The number of aliphatic hydroxyl groups excluding tert-OH is 1.